The molecule has 4 nitrogen and oxygen atoms in total. The molecule has 0 bridgehead atoms. The number of carbonyl (C=O) groups is 1. The predicted octanol–water partition coefficient (Wildman–Crippen LogP) is 2.62. The summed E-state index contributed by atoms with van der Waals surface area (Å²) in [7, 11) is 0. The molecule has 1 amide bonds. The number of nitrogens with zero attached hydrogens (tertiary/aromatic N) is 1. The highest BCUT2D eigenvalue weighted by Crippen LogP contribution is 2.21. The highest BCUT2D eigenvalue weighted by Gasteiger charge is 2.07. The fourth-order valence-corrected chi connectivity index (χ4v) is 2.13. The summed E-state index contributed by atoms with van der Waals surface area (Å²) in [5, 5.41) is 3.89. The van der Waals surface area contributed by atoms with E-state index in [0.29, 0.717) is 23.0 Å². The van der Waals surface area contributed by atoms with Crippen molar-refractivity contribution in [3.05, 3.63) is 52.0 Å². The van der Waals surface area contributed by atoms with Crippen LogP contribution in [-0.4, -0.2) is 22.4 Å². The van der Waals surface area contributed by atoms with Gasteiger partial charge in [0, 0.05) is 35.4 Å². The third kappa shape index (κ3) is 4.26. The van der Waals surface area contributed by atoms with Gasteiger partial charge in [-0.25, -0.2) is 4.98 Å². The minimum atomic E-state index is -0.0734. The van der Waals surface area contributed by atoms with Crippen LogP contribution in [0.5, 0.6) is 0 Å². The van der Waals surface area contributed by atoms with E-state index in [1.807, 2.05) is 0 Å². The summed E-state index contributed by atoms with van der Waals surface area (Å²) < 4.78 is 0. The molecule has 0 unspecified atom stereocenters. The van der Waals surface area contributed by atoms with Crippen molar-refractivity contribution >= 4 is 29.1 Å². The van der Waals surface area contributed by atoms with Crippen molar-refractivity contribution in [3.63, 3.8) is 0 Å². The second kappa shape index (κ2) is 6.59. The van der Waals surface area contributed by atoms with Gasteiger partial charge in [0.05, 0.1) is 6.42 Å². The van der Waals surface area contributed by atoms with Gasteiger partial charge in [-0.3, -0.25) is 4.79 Å². The zero-order chi connectivity index (χ0) is 13.7. The minimum Gasteiger partial charge on any atom is -0.355 e. The van der Waals surface area contributed by atoms with Gasteiger partial charge >= 0.3 is 0 Å². The van der Waals surface area contributed by atoms with Gasteiger partial charge in [-0.05, 0) is 17.7 Å². The monoisotopic (exact) mass is 297 g/mol. The zero-order valence-electron chi connectivity index (χ0n) is 10.1. The van der Waals surface area contributed by atoms with Gasteiger partial charge in [-0.1, -0.05) is 29.3 Å². The topological polar surface area (TPSA) is 57.8 Å². The van der Waals surface area contributed by atoms with E-state index in [9.17, 15) is 4.79 Å². The Balaban J connectivity index is 1.80. The molecule has 1 aromatic heterocycles. The third-order valence-corrected chi connectivity index (χ3v) is 3.19. The molecule has 0 radical (unpaired) electrons. The van der Waals surface area contributed by atoms with E-state index < -0.39 is 0 Å². The molecule has 1 aromatic carbocycles. The number of hydrogen-bond acceptors (Lipinski definition) is 2. The van der Waals surface area contributed by atoms with Gasteiger partial charge in [0.2, 0.25) is 5.91 Å². The zero-order valence-corrected chi connectivity index (χ0v) is 11.6. The summed E-state index contributed by atoms with van der Waals surface area (Å²) >= 11 is 11.8. The summed E-state index contributed by atoms with van der Waals surface area (Å²) in [4.78, 5) is 18.8. The Morgan fingerprint density at radius 1 is 1.37 bits per heavy atom. The number of carbonyl (C=O) groups excluding carboxylic acids is 1. The van der Waals surface area contributed by atoms with Crippen LogP contribution in [0.2, 0.25) is 10.0 Å². The molecule has 0 spiro atoms. The Bertz CT molecular complexity index is 555. The molecule has 2 N–H and O–H groups in total. The van der Waals surface area contributed by atoms with Gasteiger partial charge in [-0.2, -0.15) is 0 Å². The molecule has 2 rings (SSSR count). The lowest BCUT2D eigenvalue weighted by atomic mass is 10.1. The molecule has 0 saturated carbocycles. The molecule has 0 aliphatic heterocycles. The normalized spacial score (nSPS) is 10.4. The van der Waals surface area contributed by atoms with E-state index in [2.05, 4.69) is 15.3 Å². The first kappa shape index (κ1) is 13.9. The van der Waals surface area contributed by atoms with E-state index in [1.165, 1.54) is 0 Å². The predicted molar refractivity (Wildman–Crippen MR) is 75.5 cm³/mol. The van der Waals surface area contributed by atoms with E-state index >= 15 is 0 Å². The number of benzene rings is 1. The SMILES string of the molecule is O=C(Cc1ccc(Cl)cc1Cl)NCCc1ncc[nH]1. The Kier molecular flexibility index (Phi) is 4.82. The number of H-pyrrole nitrogens is 1. The van der Waals surface area contributed by atoms with Gasteiger partial charge in [0.1, 0.15) is 5.82 Å². The summed E-state index contributed by atoms with van der Waals surface area (Å²) in [6, 6.07) is 5.12. The van der Waals surface area contributed by atoms with Crippen LogP contribution in [0.25, 0.3) is 0 Å². The Morgan fingerprint density at radius 2 is 2.21 bits per heavy atom. The number of nitrogens with one attached hydrogen (secondary N) is 2. The molecular weight excluding hydrogens is 285 g/mol. The van der Waals surface area contributed by atoms with Crippen molar-refractivity contribution in [1.29, 1.82) is 0 Å². The van der Waals surface area contributed by atoms with Crippen LogP contribution < -0.4 is 5.32 Å². The van der Waals surface area contributed by atoms with Crippen molar-refractivity contribution in [2.24, 2.45) is 0 Å². The van der Waals surface area contributed by atoms with Crippen molar-refractivity contribution < 1.29 is 4.79 Å². The Morgan fingerprint density at radius 3 is 2.89 bits per heavy atom. The highest BCUT2D eigenvalue weighted by atomic mass is 35.5. The average Bonchev–Trinajstić information content (AvgIpc) is 2.86. The maximum Gasteiger partial charge on any atom is 0.224 e. The number of aromatic amines is 1. The minimum absolute atomic E-state index is 0.0734. The second-order valence-electron chi connectivity index (χ2n) is 4.05. The van der Waals surface area contributed by atoms with Crippen LogP contribution >= 0.6 is 23.2 Å². The lowest BCUT2D eigenvalue weighted by Crippen LogP contribution is -2.27. The molecule has 1 heterocycles. The van der Waals surface area contributed by atoms with E-state index in [-0.39, 0.29) is 12.3 Å². The van der Waals surface area contributed by atoms with Crippen molar-refractivity contribution in [2.75, 3.05) is 6.54 Å². The standard InChI is InChI=1S/C13H13Cl2N3O/c14-10-2-1-9(11(15)8-10)7-13(19)18-4-3-12-16-5-6-17-12/h1-2,5-6,8H,3-4,7H2,(H,16,17)(H,18,19). The Hall–Kier alpha value is -1.52. The highest BCUT2D eigenvalue weighted by molar-refractivity contribution is 6.35. The smallest absolute Gasteiger partial charge is 0.224 e. The van der Waals surface area contributed by atoms with Crippen molar-refractivity contribution in [3.8, 4) is 0 Å². The molecule has 0 atom stereocenters. The molecule has 0 aliphatic carbocycles. The first-order valence-corrected chi connectivity index (χ1v) is 6.59. The van der Waals surface area contributed by atoms with Crippen LogP contribution in [-0.2, 0) is 17.6 Å². The molecule has 0 saturated heterocycles. The number of hydrogen-bond donors (Lipinski definition) is 2. The summed E-state index contributed by atoms with van der Waals surface area (Å²) in [6.45, 7) is 0.539. The maximum absolute atomic E-state index is 11.7. The second-order valence-corrected chi connectivity index (χ2v) is 4.89. The van der Waals surface area contributed by atoms with Gasteiger partial charge in [0.25, 0.3) is 0 Å². The summed E-state index contributed by atoms with van der Waals surface area (Å²) in [5.74, 6) is 0.778. The van der Waals surface area contributed by atoms with Crippen molar-refractivity contribution in [1.82, 2.24) is 15.3 Å². The molecule has 2 aromatic rings. The molecule has 100 valence electrons. The third-order valence-electron chi connectivity index (χ3n) is 2.60. The van der Waals surface area contributed by atoms with Gasteiger partial charge in [-0.15, -0.1) is 0 Å². The molecular formula is C13H13Cl2N3O. The van der Waals surface area contributed by atoms with E-state index in [4.69, 9.17) is 23.2 Å². The summed E-state index contributed by atoms with van der Waals surface area (Å²) in [6.07, 6.45) is 4.36. The largest absolute Gasteiger partial charge is 0.355 e. The van der Waals surface area contributed by atoms with Crippen LogP contribution in [0.3, 0.4) is 0 Å². The number of imidazole rings is 1. The quantitative estimate of drug-likeness (QED) is 0.891. The van der Waals surface area contributed by atoms with Crippen molar-refractivity contribution in [2.45, 2.75) is 12.8 Å². The maximum atomic E-state index is 11.7. The lowest BCUT2D eigenvalue weighted by molar-refractivity contribution is -0.120. The number of rotatable bonds is 5. The number of halogens is 2. The van der Waals surface area contributed by atoms with E-state index in [1.54, 1.807) is 30.6 Å². The van der Waals surface area contributed by atoms with Gasteiger partial charge < -0.3 is 10.3 Å². The fourth-order valence-electron chi connectivity index (χ4n) is 1.66. The fraction of sp³-hybridized carbons (Fsp3) is 0.231. The van der Waals surface area contributed by atoms with Gasteiger partial charge in [0.15, 0.2) is 0 Å². The molecule has 0 aliphatic rings. The molecule has 0 fully saturated rings. The first-order valence-electron chi connectivity index (χ1n) is 5.84. The Labute approximate surface area is 121 Å². The van der Waals surface area contributed by atoms with Crippen LogP contribution in [0.4, 0.5) is 0 Å². The molecule has 6 heteroatoms. The van der Waals surface area contributed by atoms with Crippen LogP contribution in [0.1, 0.15) is 11.4 Å². The summed E-state index contributed by atoms with van der Waals surface area (Å²) in [5.41, 5.74) is 0.765. The number of aromatic nitrogens is 2. The molecule has 19 heavy (non-hydrogen) atoms. The van der Waals surface area contributed by atoms with Crippen LogP contribution in [0, 0.1) is 0 Å². The van der Waals surface area contributed by atoms with E-state index in [0.717, 1.165) is 11.4 Å². The number of amides is 1. The lowest BCUT2D eigenvalue weighted by Gasteiger charge is -2.06. The average molecular weight is 298 g/mol. The van der Waals surface area contributed by atoms with Crippen LogP contribution in [0.15, 0.2) is 30.6 Å². The first-order chi connectivity index (χ1) is 9.15.